The lowest BCUT2D eigenvalue weighted by molar-refractivity contribution is 0.600. The van der Waals surface area contributed by atoms with Crippen LogP contribution >= 0.6 is 15.9 Å². The maximum Gasteiger partial charge on any atom is 0.267 e. The zero-order valence-electron chi connectivity index (χ0n) is 10.5. The highest BCUT2D eigenvalue weighted by atomic mass is 79.9. The smallest absolute Gasteiger partial charge is 0.267 e. The van der Waals surface area contributed by atoms with Crippen molar-refractivity contribution < 1.29 is 8.42 Å². The summed E-state index contributed by atoms with van der Waals surface area (Å²) in [5, 5.41) is 2.90. The van der Waals surface area contributed by atoms with Crippen molar-refractivity contribution in [2.45, 2.75) is 11.8 Å². The summed E-state index contributed by atoms with van der Waals surface area (Å²) in [6.07, 6.45) is 4.43. The first-order chi connectivity index (χ1) is 9.53. The van der Waals surface area contributed by atoms with Gasteiger partial charge in [-0.1, -0.05) is 0 Å². The Balaban J connectivity index is 2.41. The molecule has 9 heteroatoms. The number of pyridine rings is 1. The molecule has 2 N–H and O–H groups in total. The Morgan fingerprint density at radius 2 is 1.95 bits per heavy atom. The van der Waals surface area contributed by atoms with Gasteiger partial charge >= 0.3 is 0 Å². The molecular formula is C11H12BrN5O2S. The third-order valence-corrected chi connectivity index (χ3v) is 4.02. The predicted molar refractivity (Wildman–Crippen MR) is 78.9 cm³/mol. The topological polar surface area (TPSA) is 96.9 Å². The third kappa shape index (κ3) is 3.42. The van der Waals surface area contributed by atoms with Crippen LogP contribution < -0.4 is 10.0 Å². The fourth-order valence-corrected chi connectivity index (χ4v) is 3.05. The lowest BCUT2D eigenvalue weighted by atomic mass is 10.4. The number of nitrogens with zero attached hydrogens (tertiary/aromatic N) is 3. The average Bonchev–Trinajstić information content (AvgIpc) is 2.41. The van der Waals surface area contributed by atoms with E-state index >= 15 is 0 Å². The molecular weight excluding hydrogens is 346 g/mol. The van der Waals surface area contributed by atoms with Crippen LogP contribution in [0, 0.1) is 0 Å². The van der Waals surface area contributed by atoms with E-state index in [0.717, 1.165) is 0 Å². The number of aromatic nitrogens is 3. The van der Waals surface area contributed by atoms with E-state index in [2.05, 4.69) is 40.9 Å². The first kappa shape index (κ1) is 14.7. The van der Waals surface area contributed by atoms with E-state index in [4.69, 9.17) is 0 Å². The van der Waals surface area contributed by atoms with Crippen molar-refractivity contribution >= 4 is 37.7 Å². The highest BCUT2D eigenvalue weighted by Gasteiger charge is 2.21. The Kier molecular flexibility index (Phi) is 4.50. The quantitative estimate of drug-likeness (QED) is 0.847. The molecule has 0 aliphatic heterocycles. The van der Waals surface area contributed by atoms with E-state index < -0.39 is 10.0 Å². The molecule has 2 aromatic rings. The molecule has 7 nitrogen and oxygen atoms in total. The first-order valence-electron chi connectivity index (χ1n) is 5.72. The lowest BCUT2D eigenvalue weighted by Gasteiger charge is -2.11. The summed E-state index contributed by atoms with van der Waals surface area (Å²) in [7, 11) is -3.82. The van der Waals surface area contributed by atoms with Gasteiger partial charge in [-0.3, -0.25) is 0 Å². The van der Waals surface area contributed by atoms with Crippen LogP contribution in [0.3, 0.4) is 0 Å². The summed E-state index contributed by atoms with van der Waals surface area (Å²) in [6.45, 7) is 2.41. The number of halogens is 1. The Morgan fingerprint density at radius 3 is 2.60 bits per heavy atom. The van der Waals surface area contributed by atoms with Crippen LogP contribution in [0.25, 0.3) is 0 Å². The highest BCUT2D eigenvalue weighted by molar-refractivity contribution is 9.10. The number of rotatable bonds is 5. The van der Waals surface area contributed by atoms with Crippen molar-refractivity contribution in [3.8, 4) is 0 Å². The van der Waals surface area contributed by atoms with Crippen molar-refractivity contribution in [1.29, 1.82) is 0 Å². The van der Waals surface area contributed by atoms with Crippen molar-refractivity contribution in [2.75, 3.05) is 16.6 Å². The number of hydrogen-bond acceptors (Lipinski definition) is 6. The van der Waals surface area contributed by atoms with Crippen LogP contribution in [0.4, 0.5) is 11.8 Å². The normalized spacial score (nSPS) is 11.1. The summed E-state index contributed by atoms with van der Waals surface area (Å²) in [5.74, 6) is 0.286. The zero-order valence-corrected chi connectivity index (χ0v) is 12.9. The number of sulfonamides is 1. The minimum atomic E-state index is -3.82. The summed E-state index contributed by atoms with van der Waals surface area (Å²) in [6, 6.07) is 3.07. The van der Waals surface area contributed by atoms with Crippen LogP contribution in [-0.4, -0.2) is 29.9 Å². The number of hydrogen-bond donors (Lipinski definition) is 2. The van der Waals surface area contributed by atoms with Crippen LogP contribution in [0.15, 0.2) is 40.1 Å². The van der Waals surface area contributed by atoms with Gasteiger partial charge in [-0.05, 0) is 35.0 Å². The van der Waals surface area contributed by atoms with Gasteiger partial charge in [0.1, 0.15) is 10.7 Å². The maximum absolute atomic E-state index is 12.4. The second kappa shape index (κ2) is 6.14. The second-order valence-electron chi connectivity index (χ2n) is 3.71. The SMILES string of the molecule is CCNc1ncc(Br)cc1S(=O)(=O)Nc1ncccn1. The van der Waals surface area contributed by atoms with E-state index in [1.54, 1.807) is 6.07 Å². The van der Waals surface area contributed by atoms with E-state index in [1.807, 2.05) is 6.92 Å². The molecule has 0 amide bonds. The molecule has 0 aliphatic carbocycles. The van der Waals surface area contributed by atoms with E-state index in [9.17, 15) is 8.42 Å². The van der Waals surface area contributed by atoms with Crippen molar-refractivity contribution in [3.63, 3.8) is 0 Å². The van der Waals surface area contributed by atoms with Gasteiger partial charge in [-0.2, -0.15) is 0 Å². The van der Waals surface area contributed by atoms with Crippen molar-refractivity contribution in [1.82, 2.24) is 15.0 Å². The van der Waals surface area contributed by atoms with E-state index in [-0.39, 0.29) is 16.7 Å². The molecule has 0 radical (unpaired) electrons. The second-order valence-corrected chi connectivity index (χ2v) is 6.28. The third-order valence-electron chi connectivity index (χ3n) is 2.24. The largest absolute Gasteiger partial charge is 0.369 e. The van der Waals surface area contributed by atoms with Gasteiger partial charge in [0.15, 0.2) is 0 Å². The van der Waals surface area contributed by atoms with Crippen molar-refractivity contribution in [2.24, 2.45) is 0 Å². The van der Waals surface area contributed by atoms with Gasteiger partial charge in [0.2, 0.25) is 5.95 Å². The van der Waals surface area contributed by atoms with Gasteiger partial charge in [0, 0.05) is 29.6 Å². The molecule has 0 bridgehead atoms. The Bertz CT molecular complexity index is 693. The Hall–Kier alpha value is -1.74. The number of nitrogens with one attached hydrogen (secondary N) is 2. The lowest BCUT2D eigenvalue weighted by Crippen LogP contribution is -2.17. The van der Waals surface area contributed by atoms with Crippen LogP contribution in [0.2, 0.25) is 0 Å². The molecule has 0 aromatic carbocycles. The van der Waals surface area contributed by atoms with E-state index in [0.29, 0.717) is 11.0 Å². The van der Waals surface area contributed by atoms with E-state index in [1.165, 1.54) is 24.7 Å². The standard InChI is InChI=1S/C11H12BrN5O2S/c1-2-13-10-9(6-8(12)7-16-10)20(18,19)17-11-14-4-3-5-15-11/h3-7H,2H2,1H3,(H,13,16)(H,14,15,17). The first-order valence-corrected chi connectivity index (χ1v) is 8.00. The Labute approximate surface area is 125 Å². The van der Waals surface area contributed by atoms with Gasteiger partial charge in [0.05, 0.1) is 0 Å². The molecule has 0 fully saturated rings. The molecule has 0 unspecified atom stereocenters. The van der Waals surface area contributed by atoms with Gasteiger partial charge in [-0.15, -0.1) is 0 Å². The van der Waals surface area contributed by atoms with Crippen LogP contribution in [0.1, 0.15) is 6.92 Å². The average molecular weight is 358 g/mol. The molecule has 2 heterocycles. The molecule has 0 spiro atoms. The predicted octanol–water partition coefficient (Wildman–Crippen LogP) is 1.87. The monoisotopic (exact) mass is 357 g/mol. The number of anilines is 2. The fourth-order valence-electron chi connectivity index (χ4n) is 1.45. The summed E-state index contributed by atoms with van der Waals surface area (Å²) < 4.78 is 27.6. The minimum Gasteiger partial charge on any atom is -0.369 e. The molecule has 106 valence electrons. The summed E-state index contributed by atoms with van der Waals surface area (Å²) in [5.41, 5.74) is 0. The fraction of sp³-hybridized carbons (Fsp3) is 0.182. The summed E-state index contributed by atoms with van der Waals surface area (Å²) in [4.78, 5) is 11.8. The van der Waals surface area contributed by atoms with Crippen LogP contribution in [-0.2, 0) is 10.0 Å². The molecule has 0 atom stereocenters. The van der Waals surface area contributed by atoms with Gasteiger partial charge < -0.3 is 5.32 Å². The van der Waals surface area contributed by atoms with Gasteiger partial charge in [0.25, 0.3) is 10.0 Å². The molecule has 0 saturated carbocycles. The highest BCUT2D eigenvalue weighted by Crippen LogP contribution is 2.24. The molecule has 2 rings (SSSR count). The molecule has 0 aliphatic rings. The minimum absolute atomic E-state index is 0.00919. The summed E-state index contributed by atoms with van der Waals surface area (Å²) >= 11 is 3.21. The van der Waals surface area contributed by atoms with Gasteiger partial charge in [-0.25, -0.2) is 28.1 Å². The molecule has 20 heavy (non-hydrogen) atoms. The van der Waals surface area contributed by atoms with Crippen LogP contribution in [0.5, 0.6) is 0 Å². The Morgan fingerprint density at radius 1 is 1.25 bits per heavy atom. The maximum atomic E-state index is 12.4. The molecule has 2 aromatic heterocycles. The molecule has 0 saturated heterocycles. The van der Waals surface area contributed by atoms with Crippen molar-refractivity contribution in [3.05, 3.63) is 35.2 Å². The zero-order chi connectivity index (χ0) is 14.6.